The predicted molar refractivity (Wildman–Crippen MR) is 58.5 cm³/mol. The highest BCUT2D eigenvalue weighted by Gasteiger charge is 2.19. The van der Waals surface area contributed by atoms with Crippen molar-refractivity contribution >= 4 is 21.9 Å². The summed E-state index contributed by atoms with van der Waals surface area (Å²) in [5, 5.41) is 12.6. The maximum atomic E-state index is 11.0. The highest BCUT2D eigenvalue weighted by atomic mass is 79.9. The van der Waals surface area contributed by atoms with Gasteiger partial charge >= 0.3 is 5.97 Å². The fourth-order valence-electron chi connectivity index (χ4n) is 0.804. The second kappa shape index (κ2) is 6.37. The zero-order chi connectivity index (χ0) is 11.2. The van der Waals surface area contributed by atoms with Crippen LogP contribution in [0.1, 0.15) is 20.3 Å². The van der Waals surface area contributed by atoms with E-state index in [-0.39, 0.29) is 10.8 Å². The van der Waals surface area contributed by atoms with Gasteiger partial charge in [-0.1, -0.05) is 22.9 Å². The van der Waals surface area contributed by atoms with Crippen LogP contribution in [-0.4, -0.2) is 41.7 Å². The van der Waals surface area contributed by atoms with Crippen LogP contribution in [-0.2, 0) is 9.53 Å². The van der Waals surface area contributed by atoms with E-state index in [4.69, 9.17) is 0 Å². The lowest BCUT2D eigenvalue weighted by molar-refractivity contribution is -0.139. The quantitative estimate of drug-likeness (QED) is 0.549. The lowest BCUT2D eigenvalue weighted by Crippen LogP contribution is -2.40. The molecule has 0 fully saturated rings. The van der Waals surface area contributed by atoms with E-state index in [1.165, 1.54) is 7.11 Å². The Hall–Kier alpha value is -0.130. The van der Waals surface area contributed by atoms with Crippen LogP contribution in [0.25, 0.3) is 0 Å². The Morgan fingerprint density at radius 2 is 2.29 bits per heavy atom. The Morgan fingerprint density at radius 1 is 1.71 bits per heavy atom. The number of ether oxygens (including phenoxy) is 1. The number of hydrogen-bond donors (Lipinski definition) is 2. The van der Waals surface area contributed by atoms with E-state index < -0.39 is 5.60 Å². The molecule has 2 atom stereocenters. The van der Waals surface area contributed by atoms with Crippen molar-refractivity contribution in [2.45, 2.75) is 30.7 Å². The molecule has 0 rings (SSSR count). The molecule has 0 bridgehead atoms. The van der Waals surface area contributed by atoms with Crippen molar-refractivity contribution in [1.29, 1.82) is 0 Å². The molecule has 0 aliphatic carbocycles. The Kier molecular flexibility index (Phi) is 6.31. The van der Waals surface area contributed by atoms with E-state index in [0.717, 1.165) is 0 Å². The summed E-state index contributed by atoms with van der Waals surface area (Å²) in [6, 6.07) is 0. The smallest absolute Gasteiger partial charge is 0.320 e. The summed E-state index contributed by atoms with van der Waals surface area (Å²) < 4.78 is 4.53. The molecule has 2 N–H and O–H groups in total. The van der Waals surface area contributed by atoms with Gasteiger partial charge in [0, 0.05) is 13.1 Å². The topological polar surface area (TPSA) is 58.6 Å². The Labute approximate surface area is 93.1 Å². The lowest BCUT2D eigenvalue weighted by Gasteiger charge is -2.22. The van der Waals surface area contributed by atoms with Crippen LogP contribution in [0.15, 0.2) is 0 Å². The number of carbonyl (C=O) groups is 1. The number of halogens is 1. The van der Waals surface area contributed by atoms with Crippen LogP contribution in [0.2, 0.25) is 0 Å². The Bertz CT molecular complexity index is 185. The summed E-state index contributed by atoms with van der Waals surface area (Å²) in [5.74, 6) is -0.311. The van der Waals surface area contributed by atoms with Crippen LogP contribution in [0.4, 0.5) is 0 Å². The molecular weight excluding hydrogens is 250 g/mol. The molecule has 4 nitrogen and oxygen atoms in total. The number of alkyl halides is 1. The minimum absolute atomic E-state index is 0.311. The normalized spacial score (nSPS) is 17.2. The van der Waals surface area contributed by atoms with Crippen LogP contribution in [0.5, 0.6) is 0 Å². The maximum Gasteiger partial charge on any atom is 0.320 e. The molecule has 14 heavy (non-hydrogen) atoms. The molecular formula is C9H18BrNO3. The van der Waals surface area contributed by atoms with E-state index >= 15 is 0 Å². The van der Waals surface area contributed by atoms with Gasteiger partial charge in [0.25, 0.3) is 0 Å². The van der Waals surface area contributed by atoms with Gasteiger partial charge in [-0.2, -0.15) is 0 Å². The van der Waals surface area contributed by atoms with Crippen LogP contribution in [0, 0.1) is 0 Å². The standard InChI is InChI=1S/C9H18BrNO3/c1-4-9(2,13)6-11-5-7(10)8(12)14-3/h7,11,13H,4-6H2,1-3H3. The maximum absolute atomic E-state index is 11.0. The van der Waals surface area contributed by atoms with Gasteiger partial charge in [-0.3, -0.25) is 4.79 Å². The second-order valence-electron chi connectivity index (χ2n) is 3.47. The fraction of sp³-hybridized carbons (Fsp3) is 0.889. The van der Waals surface area contributed by atoms with Gasteiger partial charge in [0.2, 0.25) is 0 Å². The SMILES string of the molecule is CCC(C)(O)CNCC(Br)C(=O)OC. The number of rotatable bonds is 6. The first-order valence-corrected chi connectivity index (χ1v) is 5.49. The van der Waals surface area contributed by atoms with Crippen molar-refractivity contribution in [3.05, 3.63) is 0 Å². The molecule has 0 aromatic carbocycles. The molecule has 0 aliphatic rings. The second-order valence-corrected chi connectivity index (χ2v) is 4.58. The van der Waals surface area contributed by atoms with Gasteiger partial charge in [0.15, 0.2) is 0 Å². The van der Waals surface area contributed by atoms with Crippen LogP contribution < -0.4 is 5.32 Å². The van der Waals surface area contributed by atoms with E-state index in [0.29, 0.717) is 19.5 Å². The molecule has 0 amide bonds. The molecule has 0 saturated carbocycles. The number of nitrogens with one attached hydrogen (secondary N) is 1. The van der Waals surface area contributed by atoms with Gasteiger partial charge < -0.3 is 15.2 Å². The van der Waals surface area contributed by atoms with Crippen molar-refractivity contribution in [1.82, 2.24) is 5.32 Å². The van der Waals surface area contributed by atoms with E-state index in [1.807, 2.05) is 6.92 Å². The third kappa shape index (κ3) is 5.57. The summed E-state index contributed by atoms with van der Waals surface area (Å²) in [4.78, 5) is 10.6. The highest BCUT2D eigenvalue weighted by molar-refractivity contribution is 9.10. The third-order valence-electron chi connectivity index (χ3n) is 2.05. The van der Waals surface area contributed by atoms with E-state index in [1.54, 1.807) is 6.92 Å². The minimum atomic E-state index is -0.719. The number of hydrogen-bond acceptors (Lipinski definition) is 4. The largest absolute Gasteiger partial charge is 0.468 e. The van der Waals surface area contributed by atoms with Crippen LogP contribution >= 0.6 is 15.9 Å². The summed E-state index contributed by atoms with van der Waals surface area (Å²) in [5.41, 5.74) is -0.719. The van der Waals surface area contributed by atoms with Crippen molar-refractivity contribution < 1.29 is 14.6 Å². The molecule has 0 aromatic heterocycles. The Morgan fingerprint density at radius 3 is 2.71 bits per heavy atom. The summed E-state index contributed by atoms with van der Waals surface area (Å²) in [6.07, 6.45) is 0.672. The first kappa shape index (κ1) is 13.9. The first-order chi connectivity index (χ1) is 6.43. The molecule has 0 spiro atoms. The molecule has 0 radical (unpaired) electrons. The average molecular weight is 268 g/mol. The van der Waals surface area contributed by atoms with Crippen LogP contribution in [0.3, 0.4) is 0 Å². The fourth-order valence-corrected chi connectivity index (χ4v) is 1.22. The third-order valence-corrected chi connectivity index (χ3v) is 2.75. The molecule has 0 saturated heterocycles. The molecule has 5 heteroatoms. The molecule has 84 valence electrons. The zero-order valence-electron chi connectivity index (χ0n) is 8.84. The van der Waals surface area contributed by atoms with Gasteiger partial charge in [0.1, 0.15) is 4.83 Å². The van der Waals surface area contributed by atoms with E-state index in [9.17, 15) is 9.90 Å². The van der Waals surface area contributed by atoms with Gasteiger partial charge in [-0.05, 0) is 13.3 Å². The summed E-state index contributed by atoms with van der Waals surface area (Å²) in [7, 11) is 1.35. The first-order valence-electron chi connectivity index (χ1n) is 4.58. The van der Waals surface area contributed by atoms with E-state index in [2.05, 4.69) is 26.0 Å². The Balaban J connectivity index is 3.69. The number of aliphatic hydroxyl groups is 1. The summed E-state index contributed by atoms with van der Waals surface area (Å²) in [6.45, 7) is 4.57. The monoisotopic (exact) mass is 267 g/mol. The number of esters is 1. The number of carbonyl (C=O) groups excluding carboxylic acids is 1. The van der Waals surface area contributed by atoms with Gasteiger partial charge in [0.05, 0.1) is 12.7 Å². The molecule has 0 heterocycles. The van der Waals surface area contributed by atoms with Crippen molar-refractivity contribution in [2.24, 2.45) is 0 Å². The predicted octanol–water partition coefficient (Wildman–Crippen LogP) is 0.673. The van der Waals surface area contributed by atoms with Crippen molar-refractivity contribution in [3.8, 4) is 0 Å². The summed E-state index contributed by atoms with van der Waals surface area (Å²) >= 11 is 3.17. The highest BCUT2D eigenvalue weighted by Crippen LogP contribution is 2.06. The number of methoxy groups -OCH3 is 1. The minimum Gasteiger partial charge on any atom is -0.468 e. The van der Waals surface area contributed by atoms with Crippen molar-refractivity contribution in [2.75, 3.05) is 20.2 Å². The van der Waals surface area contributed by atoms with Gasteiger partial charge in [-0.15, -0.1) is 0 Å². The lowest BCUT2D eigenvalue weighted by atomic mass is 10.0. The zero-order valence-corrected chi connectivity index (χ0v) is 10.4. The molecule has 2 unspecified atom stereocenters. The molecule has 0 aliphatic heterocycles. The van der Waals surface area contributed by atoms with Gasteiger partial charge in [-0.25, -0.2) is 0 Å². The van der Waals surface area contributed by atoms with Crippen molar-refractivity contribution in [3.63, 3.8) is 0 Å². The average Bonchev–Trinajstić information content (AvgIpc) is 2.16. The molecule has 0 aromatic rings.